The lowest BCUT2D eigenvalue weighted by molar-refractivity contribution is 0.0948. The average molecular weight is 312 g/mol. The first-order valence-corrected chi connectivity index (χ1v) is 8.15. The zero-order valence-corrected chi connectivity index (χ0v) is 14.0. The number of hydrogen-bond acceptors (Lipinski definition) is 3. The van der Waals surface area contributed by atoms with Crippen LogP contribution in [0.1, 0.15) is 49.7 Å². The molecule has 4 nitrogen and oxygen atoms in total. The van der Waals surface area contributed by atoms with Crippen molar-refractivity contribution in [1.82, 2.24) is 15.2 Å². The van der Waals surface area contributed by atoms with Crippen LogP contribution in [0.25, 0.3) is 0 Å². The van der Waals surface area contributed by atoms with Crippen LogP contribution in [0.4, 0.5) is 0 Å². The molecule has 0 bridgehead atoms. The van der Waals surface area contributed by atoms with Crippen LogP contribution in [0.15, 0.2) is 12.1 Å². The molecule has 0 radical (unpaired) electrons. The molecular formula is C16H26ClN3O. The molecule has 0 saturated carbocycles. The number of aryl methyl sites for hydroxylation is 1. The average Bonchev–Trinajstić information content (AvgIpc) is 2.46. The third-order valence-electron chi connectivity index (χ3n) is 3.32. The van der Waals surface area contributed by atoms with Crippen LogP contribution >= 0.6 is 11.6 Å². The van der Waals surface area contributed by atoms with Crippen LogP contribution < -0.4 is 5.32 Å². The lowest BCUT2D eigenvalue weighted by Crippen LogP contribution is -2.35. The Balaban J connectivity index is 2.55. The first kappa shape index (κ1) is 17.9. The van der Waals surface area contributed by atoms with Crippen molar-refractivity contribution in [2.45, 2.75) is 40.0 Å². The minimum atomic E-state index is -0.0794. The number of nitrogens with one attached hydrogen (secondary N) is 1. The Labute approximate surface area is 132 Å². The number of hydrogen-bond donors (Lipinski definition) is 1. The van der Waals surface area contributed by atoms with E-state index in [-0.39, 0.29) is 5.91 Å². The molecule has 0 aliphatic rings. The predicted molar refractivity (Wildman–Crippen MR) is 88.0 cm³/mol. The van der Waals surface area contributed by atoms with Crippen molar-refractivity contribution in [1.29, 1.82) is 0 Å². The van der Waals surface area contributed by atoms with Crippen molar-refractivity contribution < 1.29 is 4.79 Å². The van der Waals surface area contributed by atoms with Crippen LogP contribution in [0.5, 0.6) is 0 Å². The number of carbonyl (C=O) groups excluding carboxylic acids is 1. The van der Waals surface area contributed by atoms with Gasteiger partial charge in [-0.25, -0.2) is 4.98 Å². The smallest absolute Gasteiger partial charge is 0.251 e. The van der Waals surface area contributed by atoms with Gasteiger partial charge in [0.1, 0.15) is 5.15 Å². The quantitative estimate of drug-likeness (QED) is 0.713. The van der Waals surface area contributed by atoms with Crippen molar-refractivity contribution >= 4 is 17.5 Å². The van der Waals surface area contributed by atoms with E-state index in [1.807, 2.05) is 6.07 Å². The summed E-state index contributed by atoms with van der Waals surface area (Å²) in [6.45, 7) is 9.97. The fourth-order valence-electron chi connectivity index (χ4n) is 2.24. The summed E-state index contributed by atoms with van der Waals surface area (Å²) in [5, 5.41) is 3.33. The van der Waals surface area contributed by atoms with Crippen LogP contribution in [-0.4, -0.2) is 42.0 Å². The number of amides is 1. The monoisotopic (exact) mass is 311 g/mol. The van der Waals surface area contributed by atoms with E-state index in [4.69, 9.17) is 11.6 Å². The number of likely N-dealkylation sites (N-methyl/N-ethyl adjacent to an activating group) is 1. The molecule has 1 heterocycles. The van der Waals surface area contributed by atoms with Gasteiger partial charge < -0.3 is 10.2 Å². The topological polar surface area (TPSA) is 45.2 Å². The minimum Gasteiger partial charge on any atom is -0.351 e. The molecule has 0 atom stereocenters. The Bertz CT molecular complexity index is 451. The molecule has 1 rings (SSSR count). The normalized spacial score (nSPS) is 10.9. The number of aromatic nitrogens is 1. The van der Waals surface area contributed by atoms with E-state index in [9.17, 15) is 4.79 Å². The summed E-state index contributed by atoms with van der Waals surface area (Å²) < 4.78 is 0. The summed E-state index contributed by atoms with van der Waals surface area (Å²) in [5.74, 6) is -0.0794. The number of carbonyl (C=O) groups is 1. The van der Waals surface area contributed by atoms with Crippen molar-refractivity contribution in [3.05, 3.63) is 28.5 Å². The summed E-state index contributed by atoms with van der Waals surface area (Å²) in [5.41, 5.74) is 1.47. The first-order valence-electron chi connectivity index (χ1n) is 7.77. The van der Waals surface area contributed by atoms with E-state index >= 15 is 0 Å². The van der Waals surface area contributed by atoms with Crippen LogP contribution in [0.3, 0.4) is 0 Å². The van der Waals surface area contributed by atoms with E-state index in [1.54, 1.807) is 6.07 Å². The van der Waals surface area contributed by atoms with E-state index in [0.29, 0.717) is 17.3 Å². The number of rotatable bonds is 9. The van der Waals surface area contributed by atoms with Gasteiger partial charge in [-0.05, 0) is 38.1 Å². The van der Waals surface area contributed by atoms with Crippen molar-refractivity contribution in [2.75, 3.05) is 26.2 Å². The molecule has 118 valence electrons. The van der Waals surface area contributed by atoms with Crippen LogP contribution in [-0.2, 0) is 6.42 Å². The molecule has 0 spiro atoms. The third kappa shape index (κ3) is 6.44. The minimum absolute atomic E-state index is 0.0794. The summed E-state index contributed by atoms with van der Waals surface area (Å²) >= 11 is 5.98. The molecule has 0 aromatic carbocycles. The highest BCUT2D eigenvalue weighted by Crippen LogP contribution is 2.12. The highest BCUT2D eigenvalue weighted by Gasteiger charge is 2.09. The van der Waals surface area contributed by atoms with Gasteiger partial charge in [0.2, 0.25) is 0 Å². The Hall–Kier alpha value is -1.13. The lowest BCUT2D eigenvalue weighted by atomic mass is 10.1. The van der Waals surface area contributed by atoms with E-state index in [1.165, 1.54) is 0 Å². The second kappa shape index (κ2) is 9.74. The highest BCUT2D eigenvalue weighted by molar-refractivity contribution is 6.29. The maximum Gasteiger partial charge on any atom is 0.251 e. The van der Waals surface area contributed by atoms with Crippen LogP contribution in [0.2, 0.25) is 5.15 Å². The van der Waals surface area contributed by atoms with Gasteiger partial charge in [-0.3, -0.25) is 4.79 Å². The predicted octanol–water partition coefficient (Wildman–Crippen LogP) is 3.15. The Kier molecular flexibility index (Phi) is 8.31. The van der Waals surface area contributed by atoms with E-state index in [0.717, 1.165) is 44.6 Å². The van der Waals surface area contributed by atoms with Gasteiger partial charge in [0, 0.05) is 24.3 Å². The molecule has 0 saturated heterocycles. The molecule has 5 heteroatoms. The summed E-state index contributed by atoms with van der Waals surface area (Å²) in [6, 6.07) is 3.45. The summed E-state index contributed by atoms with van der Waals surface area (Å²) in [7, 11) is 0. The molecule has 1 N–H and O–H groups in total. The standard InChI is InChI=1S/C16H26ClN3O/c1-4-7-14-11-13(12-15(17)19-14)16(21)18-8-10-20(6-3)9-5-2/h11-12H,4-10H2,1-3H3,(H,18,21). The van der Waals surface area contributed by atoms with Crippen molar-refractivity contribution in [3.63, 3.8) is 0 Å². The van der Waals surface area contributed by atoms with Gasteiger partial charge in [-0.15, -0.1) is 0 Å². The summed E-state index contributed by atoms with van der Waals surface area (Å²) in [4.78, 5) is 18.7. The molecule has 0 aliphatic heterocycles. The fraction of sp³-hybridized carbons (Fsp3) is 0.625. The van der Waals surface area contributed by atoms with E-state index in [2.05, 4.69) is 36.0 Å². The summed E-state index contributed by atoms with van der Waals surface area (Å²) in [6.07, 6.45) is 2.94. The Morgan fingerprint density at radius 2 is 2.00 bits per heavy atom. The lowest BCUT2D eigenvalue weighted by Gasteiger charge is -2.19. The number of halogens is 1. The molecular weight excluding hydrogens is 286 g/mol. The van der Waals surface area contributed by atoms with Gasteiger partial charge in [0.25, 0.3) is 5.91 Å². The molecule has 1 aromatic heterocycles. The van der Waals surface area contributed by atoms with Crippen molar-refractivity contribution in [3.8, 4) is 0 Å². The largest absolute Gasteiger partial charge is 0.351 e. The third-order valence-corrected chi connectivity index (χ3v) is 3.51. The maximum atomic E-state index is 12.2. The Morgan fingerprint density at radius 1 is 1.24 bits per heavy atom. The zero-order valence-electron chi connectivity index (χ0n) is 13.3. The molecule has 0 aliphatic carbocycles. The highest BCUT2D eigenvalue weighted by atomic mass is 35.5. The van der Waals surface area contributed by atoms with Gasteiger partial charge in [-0.1, -0.05) is 38.8 Å². The maximum absolute atomic E-state index is 12.2. The number of nitrogens with zero attached hydrogens (tertiary/aromatic N) is 2. The van der Waals surface area contributed by atoms with Crippen LogP contribution in [0, 0.1) is 0 Å². The van der Waals surface area contributed by atoms with Gasteiger partial charge in [-0.2, -0.15) is 0 Å². The zero-order chi connectivity index (χ0) is 15.7. The Morgan fingerprint density at radius 3 is 2.62 bits per heavy atom. The molecule has 1 aromatic rings. The van der Waals surface area contributed by atoms with E-state index < -0.39 is 0 Å². The van der Waals surface area contributed by atoms with Gasteiger partial charge >= 0.3 is 0 Å². The van der Waals surface area contributed by atoms with Gasteiger partial charge in [0.05, 0.1) is 0 Å². The number of pyridine rings is 1. The fourth-order valence-corrected chi connectivity index (χ4v) is 2.47. The molecule has 21 heavy (non-hydrogen) atoms. The molecule has 0 fully saturated rings. The van der Waals surface area contributed by atoms with Crippen molar-refractivity contribution in [2.24, 2.45) is 0 Å². The molecule has 1 amide bonds. The first-order chi connectivity index (χ1) is 10.1. The molecule has 0 unspecified atom stereocenters. The second-order valence-corrected chi connectivity index (χ2v) is 5.50. The SMILES string of the molecule is CCCc1cc(C(=O)NCCN(CC)CCC)cc(Cl)n1. The van der Waals surface area contributed by atoms with Gasteiger partial charge in [0.15, 0.2) is 0 Å². The second-order valence-electron chi connectivity index (χ2n) is 5.11.